The van der Waals surface area contributed by atoms with Gasteiger partial charge in [-0.15, -0.1) is 0 Å². The maximum atomic E-state index is 12.7. The first-order chi connectivity index (χ1) is 28.0. The summed E-state index contributed by atoms with van der Waals surface area (Å²) in [6.07, 6.45) is 56.1. The van der Waals surface area contributed by atoms with E-state index >= 15 is 0 Å². The molecule has 0 aromatic rings. The van der Waals surface area contributed by atoms with Crippen molar-refractivity contribution in [3.05, 3.63) is 72.9 Å². The molecule has 0 aliphatic rings. The van der Waals surface area contributed by atoms with E-state index in [1.807, 2.05) is 0 Å². The van der Waals surface area contributed by atoms with Gasteiger partial charge in [-0.1, -0.05) is 184 Å². The van der Waals surface area contributed by atoms with Crippen molar-refractivity contribution >= 4 is 17.9 Å². The minimum Gasteiger partial charge on any atom is -0.462 e. The van der Waals surface area contributed by atoms with Crippen molar-refractivity contribution in [2.45, 2.75) is 219 Å². The van der Waals surface area contributed by atoms with Crippen LogP contribution in [-0.4, -0.2) is 37.2 Å². The molecule has 0 saturated heterocycles. The molecule has 0 bridgehead atoms. The van der Waals surface area contributed by atoms with Gasteiger partial charge in [-0.05, 0) is 83.5 Å². The highest BCUT2D eigenvalue weighted by Crippen LogP contribution is 2.14. The average molecular weight is 795 g/mol. The van der Waals surface area contributed by atoms with Crippen molar-refractivity contribution in [2.75, 3.05) is 13.2 Å². The minimum atomic E-state index is -0.789. The van der Waals surface area contributed by atoms with Crippen LogP contribution in [0.2, 0.25) is 0 Å². The zero-order valence-corrected chi connectivity index (χ0v) is 37.1. The summed E-state index contributed by atoms with van der Waals surface area (Å²) >= 11 is 0. The fraction of sp³-hybridized carbons (Fsp3) is 0.706. The molecule has 6 heteroatoms. The van der Waals surface area contributed by atoms with E-state index in [-0.39, 0.29) is 31.1 Å². The van der Waals surface area contributed by atoms with Crippen LogP contribution in [0.4, 0.5) is 0 Å². The van der Waals surface area contributed by atoms with Crippen molar-refractivity contribution in [3.8, 4) is 0 Å². The SMILES string of the molecule is CC/C=C\C/C=C\C/C=C\C/C=C\CCCCCCCCC(=O)OCC(COC(=O)CCCC/C=C\C/C=C\CC)OC(=O)CCCCCCCCCCCCC. The maximum Gasteiger partial charge on any atom is 0.306 e. The highest BCUT2D eigenvalue weighted by Gasteiger charge is 2.19. The fourth-order valence-corrected chi connectivity index (χ4v) is 6.23. The van der Waals surface area contributed by atoms with Crippen molar-refractivity contribution < 1.29 is 28.6 Å². The van der Waals surface area contributed by atoms with Gasteiger partial charge >= 0.3 is 17.9 Å². The zero-order valence-electron chi connectivity index (χ0n) is 37.1. The summed E-state index contributed by atoms with van der Waals surface area (Å²) in [5.41, 5.74) is 0. The number of hydrogen-bond acceptors (Lipinski definition) is 6. The Morgan fingerprint density at radius 2 is 0.684 bits per heavy atom. The standard InChI is InChI=1S/C51H86O6/c1-4-7-10-13-16-19-21-22-23-24-25-26-27-28-30-32-35-38-41-44-50(53)56-47-48(46-55-49(52)43-40-37-34-31-18-15-12-9-6-3)57-51(54)45-42-39-36-33-29-20-17-14-11-8-5-2/h7,9-10,12,16,18-19,22-23,25-26,31,48H,4-6,8,11,13-15,17,20-21,24,27-30,32-47H2,1-3H3/b10-7-,12-9-,19-16-,23-22-,26-25-,31-18-. The fourth-order valence-electron chi connectivity index (χ4n) is 6.23. The Labute approximate surface area is 351 Å². The first kappa shape index (κ1) is 53.9. The smallest absolute Gasteiger partial charge is 0.306 e. The normalized spacial score (nSPS) is 12.7. The first-order valence-corrected chi connectivity index (χ1v) is 23.4. The highest BCUT2D eigenvalue weighted by molar-refractivity contribution is 5.71. The molecule has 1 unspecified atom stereocenters. The third-order valence-electron chi connectivity index (χ3n) is 9.71. The lowest BCUT2D eigenvalue weighted by molar-refractivity contribution is -0.167. The van der Waals surface area contributed by atoms with Crippen LogP contribution in [0.15, 0.2) is 72.9 Å². The first-order valence-electron chi connectivity index (χ1n) is 23.4. The van der Waals surface area contributed by atoms with Crippen LogP contribution in [0.5, 0.6) is 0 Å². The van der Waals surface area contributed by atoms with Gasteiger partial charge < -0.3 is 14.2 Å². The molecule has 0 amide bonds. The van der Waals surface area contributed by atoms with Gasteiger partial charge in [0.25, 0.3) is 0 Å². The minimum absolute atomic E-state index is 0.0926. The number of hydrogen-bond donors (Lipinski definition) is 0. The maximum absolute atomic E-state index is 12.7. The predicted molar refractivity (Wildman–Crippen MR) is 242 cm³/mol. The quantitative estimate of drug-likeness (QED) is 0.0265. The lowest BCUT2D eigenvalue weighted by Gasteiger charge is -2.18. The van der Waals surface area contributed by atoms with Crippen molar-refractivity contribution in [1.82, 2.24) is 0 Å². The molecule has 0 aliphatic heterocycles. The van der Waals surface area contributed by atoms with Gasteiger partial charge in [0.15, 0.2) is 6.10 Å². The molecule has 0 radical (unpaired) electrons. The van der Waals surface area contributed by atoms with E-state index in [4.69, 9.17) is 14.2 Å². The molecule has 0 rings (SSSR count). The number of rotatable bonds is 41. The second-order valence-electron chi connectivity index (χ2n) is 15.3. The molecule has 0 saturated carbocycles. The van der Waals surface area contributed by atoms with E-state index in [1.165, 1.54) is 70.6 Å². The summed E-state index contributed by atoms with van der Waals surface area (Å²) in [5.74, 6) is -0.947. The number of ether oxygens (including phenoxy) is 3. The van der Waals surface area contributed by atoms with Crippen molar-refractivity contribution in [2.24, 2.45) is 0 Å². The molecule has 6 nitrogen and oxygen atoms in total. The third kappa shape index (κ3) is 43.8. The summed E-state index contributed by atoms with van der Waals surface area (Å²) in [6.45, 7) is 6.34. The van der Waals surface area contributed by atoms with Crippen LogP contribution in [0.3, 0.4) is 0 Å². The molecule has 0 spiro atoms. The lowest BCUT2D eigenvalue weighted by atomic mass is 10.1. The van der Waals surface area contributed by atoms with E-state index in [2.05, 4.69) is 93.7 Å². The Balaban J connectivity index is 4.35. The predicted octanol–water partition coefficient (Wildman–Crippen LogP) is 15.1. The number of unbranched alkanes of at least 4 members (excludes halogenated alkanes) is 18. The second-order valence-corrected chi connectivity index (χ2v) is 15.3. The van der Waals surface area contributed by atoms with Crippen LogP contribution in [0.25, 0.3) is 0 Å². The molecule has 0 aromatic carbocycles. The van der Waals surface area contributed by atoms with E-state index in [9.17, 15) is 14.4 Å². The molecule has 0 aliphatic carbocycles. The monoisotopic (exact) mass is 795 g/mol. The summed E-state index contributed by atoms with van der Waals surface area (Å²) in [4.78, 5) is 37.7. The van der Waals surface area contributed by atoms with Crippen LogP contribution in [0.1, 0.15) is 213 Å². The Bertz CT molecular complexity index is 1100. The Kier molecular flexibility index (Phi) is 43.0. The van der Waals surface area contributed by atoms with Gasteiger partial charge in [-0.3, -0.25) is 14.4 Å². The van der Waals surface area contributed by atoms with Crippen molar-refractivity contribution in [3.63, 3.8) is 0 Å². The van der Waals surface area contributed by atoms with Gasteiger partial charge in [-0.2, -0.15) is 0 Å². The number of carbonyl (C=O) groups is 3. The second kappa shape index (κ2) is 45.6. The molecule has 1 atom stereocenters. The molecular formula is C51H86O6. The summed E-state index contributed by atoms with van der Waals surface area (Å²) in [5, 5.41) is 0. The topological polar surface area (TPSA) is 78.9 Å². The Morgan fingerprint density at radius 3 is 1.11 bits per heavy atom. The summed E-state index contributed by atoms with van der Waals surface area (Å²) in [6, 6.07) is 0. The van der Waals surface area contributed by atoms with Gasteiger partial charge in [-0.25, -0.2) is 0 Å². The van der Waals surface area contributed by atoms with Crippen molar-refractivity contribution in [1.29, 1.82) is 0 Å². The number of allylic oxidation sites excluding steroid dienone is 12. The summed E-state index contributed by atoms with van der Waals surface area (Å²) in [7, 11) is 0. The zero-order chi connectivity index (χ0) is 41.5. The van der Waals surface area contributed by atoms with E-state index in [0.717, 1.165) is 103 Å². The van der Waals surface area contributed by atoms with Crippen LogP contribution in [-0.2, 0) is 28.6 Å². The molecule has 0 aromatic heterocycles. The van der Waals surface area contributed by atoms with E-state index in [1.54, 1.807) is 0 Å². The van der Waals surface area contributed by atoms with Gasteiger partial charge in [0.05, 0.1) is 0 Å². The lowest BCUT2D eigenvalue weighted by Crippen LogP contribution is -2.30. The molecule has 0 N–H and O–H groups in total. The van der Waals surface area contributed by atoms with Gasteiger partial charge in [0.1, 0.15) is 13.2 Å². The molecule has 0 heterocycles. The van der Waals surface area contributed by atoms with Gasteiger partial charge in [0, 0.05) is 19.3 Å². The van der Waals surface area contributed by atoms with Gasteiger partial charge in [0.2, 0.25) is 0 Å². The summed E-state index contributed by atoms with van der Waals surface area (Å²) < 4.78 is 16.7. The van der Waals surface area contributed by atoms with Crippen LogP contribution < -0.4 is 0 Å². The molecule has 326 valence electrons. The Morgan fingerprint density at radius 1 is 0.368 bits per heavy atom. The molecule has 0 fully saturated rings. The van der Waals surface area contributed by atoms with E-state index in [0.29, 0.717) is 19.3 Å². The molecular weight excluding hydrogens is 709 g/mol. The average Bonchev–Trinajstić information content (AvgIpc) is 3.21. The largest absolute Gasteiger partial charge is 0.462 e. The number of carbonyl (C=O) groups excluding carboxylic acids is 3. The molecule has 57 heavy (non-hydrogen) atoms. The van der Waals surface area contributed by atoms with E-state index < -0.39 is 6.10 Å². The highest BCUT2D eigenvalue weighted by atomic mass is 16.6. The van der Waals surface area contributed by atoms with Crippen LogP contribution >= 0.6 is 0 Å². The van der Waals surface area contributed by atoms with Crippen LogP contribution in [0, 0.1) is 0 Å². The Hall–Kier alpha value is -3.15. The third-order valence-corrected chi connectivity index (χ3v) is 9.71. The number of esters is 3.